The summed E-state index contributed by atoms with van der Waals surface area (Å²) in [6.45, 7) is 5.39. The van der Waals surface area contributed by atoms with Crippen molar-refractivity contribution in [3.8, 4) is 5.75 Å². The van der Waals surface area contributed by atoms with Gasteiger partial charge in [0, 0.05) is 6.04 Å². The van der Waals surface area contributed by atoms with Crippen LogP contribution in [0.2, 0.25) is 5.02 Å². The third-order valence-electron chi connectivity index (χ3n) is 3.27. The molecule has 1 rings (SSSR count). The van der Waals surface area contributed by atoms with E-state index in [9.17, 15) is 13.2 Å². The minimum atomic E-state index is -3.85. The predicted octanol–water partition coefficient (Wildman–Crippen LogP) is 2.32. The molecule has 0 radical (unpaired) electrons. The second-order valence-corrected chi connectivity index (χ2v) is 7.46. The zero-order valence-electron chi connectivity index (χ0n) is 13.7. The highest BCUT2D eigenvalue weighted by Crippen LogP contribution is 2.26. The smallest absolute Gasteiger partial charge is 0.241 e. The van der Waals surface area contributed by atoms with Crippen molar-refractivity contribution < 1.29 is 17.9 Å². The quantitative estimate of drug-likeness (QED) is 0.743. The highest BCUT2D eigenvalue weighted by molar-refractivity contribution is 7.89. The number of rotatable bonds is 8. The van der Waals surface area contributed by atoms with E-state index in [0.29, 0.717) is 5.75 Å². The molecule has 2 atom stereocenters. The molecule has 0 spiro atoms. The van der Waals surface area contributed by atoms with Crippen molar-refractivity contribution in [1.29, 1.82) is 0 Å². The van der Waals surface area contributed by atoms with Crippen LogP contribution in [-0.4, -0.2) is 33.5 Å². The Hall–Kier alpha value is -1.31. The van der Waals surface area contributed by atoms with Crippen LogP contribution >= 0.6 is 11.6 Å². The maximum atomic E-state index is 12.3. The van der Waals surface area contributed by atoms with Crippen molar-refractivity contribution in [2.24, 2.45) is 0 Å². The van der Waals surface area contributed by atoms with Crippen LogP contribution in [0.25, 0.3) is 0 Å². The van der Waals surface area contributed by atoms with Crippen LogP contribution in [0.1, 0.15) is 33.6 Å². The molecule has 1 aromatic carbocycles. The topological polar surface area (TPSA) is 84.5 Å². The standard InChI is InChI=1S/C15H23ClN2O4S/c1-5-6-10(2)17-15(19)11(3)18-23(20,21)12-7-8-14(22-4)13(16)9-12/h7-11,18H,5-6H2,1-4H3,(H,17,19)/t10-,11+/m1/s1. The van der Waals surface area contributed by atoms with Crippen molar-refractivity contribution in [2.45, 2.75) is 50.6 Å². The highest BCUT2D eigenvalue weighted by Gasteiger charge is 2.23. The van der Waals surface area contributed by atoms with Gasteiger partial charge in [-0.2, -0.15) is 4.72 Å². The van der Waals surface area contributed by atoms with E-state index in [0.717, 1.165) is 12.8 Å². The first-order valence-corrected chi connectivity index (χ1v) is 9.23. The molecule has 0 aromatic heterocycles. The number of hydrogen-bond donors (Lipinski definition) is 2. The second-order valence-electron chi connectivity index (χ2n) is 5.34. The Bertz CT molecular complexity index is 649. The molecule has 0 saturated heterocycles. The average Bonchev–Trinajstić information content (AvgIpc) is 2.46. The summed E-state index contributed by atoms with van der Waals surface area (Å²) in [6.07, 6.45) is 1.77. The van der Waals surface area contributed by atoms with E-state index >= 15 is 0 Å². The number of halogens is 1. The van der Waals surface area contributed by atoms with Gasteiger partial charge in [-0.15, -0.1) is 0 Å². The summed E-state index contributed by atoms with van der Waals surface area (Å²) < 4.78 is 32.0. The molecule has 0 aliphatic heterocycles. The summed E-state index contributed by atoms with van der Waals surface area (Å²) in [5, 5.41) is 2.96. The van der Waals surface area contributed by atoms with Crippen LogP contribution in [0.4, 0.5) is 0 Å². The summed E-state index contributed by atoms with van der Waals surface area (Å²) in [7, 11) is -2.41. The van der Waals surface area contributed by atoms with Gasteiger partial charge in [-0.25, -0.2) is 8.42 Å². The highest BCUT2D eigenvalue weighted by atomic mass is 35.5. The second kappa shape index (κ2) is 8.52. The Balaban J connectivity index is 2.81. The Morgan fingerprint density at radius 3 is 2.52 bits per heavy atom. The summed E-state index contributed by atoms with van der Waals surface area (Å²) in [6, 6.07) is 3.23. The lowest BCUT2D eigenvalue weighted by Crippen LogP contribution is -2.47. The molecule has 0 aliphatic rings. The number of hydrogen-bond acceptors (Lipinski definition) is 4. The lowest BCUT2D eigenvalue weighted by Gasteiger charge is -2.18. The lowest BCUT2D eigenvalue weighted by atomic mass is 10.2. The number of carbonyl (C=O) groups excluding carboxylic acids is 1. The van der Waals surface area contributed by atoms with Gasteiger partial charge in [0.1, 0.15) is 5.75 Å². The third kappa shape index (κ3) is 5.67. The van der Waals surface area contributed by atoms with E-state index in [2.05, 4.69) is 10.0 Å². The number of sulfonamides is 1. The molecule has 0 fully saturated rings. The van der Waals surface area contributed by atoms with E-state index in [1.807, 2.05) is 13.8 Å². The van der Waals surface area contributed by atoms with Gasteiger partial charge in [-0.3, -0.25) is 4.79 Å². The molecule has 23 heavy (non-hydrogen) atoms. The summed E-state index contributed by atoms with van der Waals surface area (Å²) in [5.74, 6) is 0.0129. The first kappa shape index (κ1) is 19.7. The van der Waals surface area contributed by atoms with Gasteiger partial charge >= 0.3 is 0 Å². The van der Waals surface area contributed by atoms with Crippen LogP contribution in [0.15, 0.2) is 23.1 Å². The molecule has 0 bridgehead atoms. The van der Waals surface area contributed by atoms with Gasteiger partial charge in [0.05, 0.1) is 23.1 Å². The van der Waals surface area contributed by atoms with Crippen LogP contribution in [0, 0.1) is 0 Å². The summed E-state index contributed by atoms with van der Waals surface area (Å²) >= 11 is 5.94. The number of carbonyl (C=O) groups is 1. The van der Waals surface area contributed by atoms with Crippen molar-refractivity contribution >= 4 is 27.5 Å². The molecule has 2 N–H and O–H groups in total. The summed E-state index contributed by atoms with van der Waals surface area (Å²) in [5.41, 5.74) is 0. The van der Waals surface area contributed by atoms with Crippen molar-refractivity contribution in [3.63, 3.8) is 0 Å². The van der Waals surface area contributed by atoms with Gasteiger partial charge in [0.15, 0.2) is 0 Å². The number of methoxy groups -OCH3 is 1. The summed E-state index contributed by atoms with van der Waals surface area (Å²) in [4.78, 5) is 12.0. The first-order chi connectivity index (χ1) is 10.7. The molecule has 0 unspecified atom stereocenters. The lowest BCUT2D eigenvalue weighted by molar-refractivity contribution is -0.123. The zero-order chi connectivity index (χ0) is 17.6. The maximum Gasteiger partial charge on any atom is 0.241 e. The van der Waals surface area contributed by atoms with Crippen LogP contribution < -0.4 is 14.8 Å². The number of amides is 1. The van der Waals surface area contributed by atoms with Crippen molar-refractivity contribution in [1.82, 2.24) is 10.0 Å². The number of nitrogens with one attached hydrogen (secondary N) is 2. The fraction of sp³-hybridized carbons (Fsp3) is 0.533. The van der Waals surface area contributed by atoms with E-state index in [-0.39, 0.29) is 21.9 Å². The minimum Gasteiger partial charge on any atom is -0.495 e. The zero-order valence-corrected chi connectivity index (χ0v) is 15.3. The van der Waals surface area contributed by atoms with E-state index in [1.54, 1.807) is 0 Å². The Morgan fingerprint density at radius 2 is 2.00 bits per heavy atom. The fourth-order valence-corrected chi connectivity index (χ4v) is 3.59. The molecule has 0 saturated carbocycles. The van der Waals surface area contributed by atoms with E-state index in [4.69, 9.17) is 16.3 Å². The van der Waals surface area contributed by atoms with E-state index < -0.39 is 16.1 Å². The molecule has 0 aliphatic carbocycles. The first-order valence-electron chi connectivity index (χ1n) is 7.37. The van der Waals surface area contributed by atoms with Crippen molar-refractivity contribution in [3.05, 3.63) is 23.2 Å². The Kier molecular flexibility index (Phi) is 7.31. The molecule has 8 heteroatoms. The van der Waals surface area contributed by atoms with Gasteiger partial charge in [0.25, 0.3) is 0 Å². The third-order valence-corrected chi connectivity index (χ3v) is 5.10. The molecule has 6 nitrogen and oxygen atoms in total. The molecule has 1 amide bonds. The predicted molar refractivity (Wildman–Crippen MR) is 90.3 cm³/mol. The van der Waals surface area contributed by atoms with Crippen molar-refractivity contribution in [2.75, 3.05) is 7.11 Å². The molecule has 1 aromatic rings. The monoisotopic (exact) mass is 362 g/mol. The molecule has 0 heterocycles. The van der Waals surface area contributed by atoms with Gasteiger partial charge in [-0.1, -0.05) is 24.9 Å². The average molecular weight is 363 g/mol. The minimum absolute atomic E-state index is 0.00474. The van der Waals surface area contributed by atoms with Crippen LogP contribution in [-0.2, 0) is 14.8 Å². The van der Waals surface area contributed by atoms with Gasteiger partial charge in [0.2, 0.25) is 15.9 Å². The van der Waals surface area contributed by atoms with Gasteiger partial charge < -0.3 is 10.1 Å². The van der Waals surface area contributed by atoms with Crippen LogP contribution in [0.3, 0.4) is 0 Å². The van der Waals surface area contributed by atoms with Crippen LogP contribution in [0.5, 0.6) is 5.75 Å². The van der Waals surface area contributed by atoms with Gasteiger partial charge in [-0.05, 0) is 38.5 Å². The SMILES string of the molecule is CCC[C@@H](C)NC(=O)[C@H](C)NS(=O)(=O)c1ccc(OC)c(Cl)c1. The number of ether oxygens (including phenoxy) is 1. The molecular weight excluding hydrogens is 340 g/mol. The number of benzene rings is 1. The normalized spacial score (nSPS) is 14.1. The van der Waals surface area contributed by atoms with E-state index in [1.165, 1.54) is 32.2 Å². The fourth-order valence-electron chi connectivity index (χ4n) is 2.04. The Morgan fingerprint density at radius 1 is 1.35 bits per heavy atom. The molecular formula is C15H23ClN2O4S. The largest absolute Gasteiger partial charge is 0.495 e. The molecule has 130 valence electrons. The maximum absolute atomic E-state index is 12.3. The Labute approximate surface area is 142 Å².